The first-order chi connectivity index (χ1) is 20.6. The molecule has 1 saturated heterocycles. The summed E-state index contributed by atoms with van der Waals surface area (Å²) in [7, 11) is 1.64. The summed E-state index contributed by atoms with van der Waals surface area (Å²) >= 11 is 0. The Morgan fingerprint density at radius 2 is 1.93 bits per heavy atom. The molecule has 1 fully saturated rings. The molecule has 212 valence electrons. The first-order valence-corrected chi connectivity index (χ1v) is 14.0. The Labute approximate surface area is 244 Å². The molecule has 6 rings (SSSR count). The van der Waals surface area contributed by atoms with Crippen LogP contribution in [0.3, 0.4) is 0 Å². The van der Waals surface area contributed by atoms with Crippen molar-refractivity contribution in [1.29, 1.82) is 0 Å². The van der Waals surface area contributed by atoms with E-state index in [1.165, 1.54) is 23.3 Å². The van der Waals surface area contributed by atoms with E-state index in [0.29, 0.717) is 12.4 Å². The third-order valence-electron chi connectivity index (χ3n) is 7.41. The molecular formula is C34H31N3O5. The predicted octanol–water partition coefficient (Wildman–Crippen LogP) is 7.26. The molecule has 0 saturated carbocycles. The Morgan fingerprint density at radius 3 is 2.71 bits per heavy atom. The summed E-state index contributed by atoms with van der Waals surface area (Å²) in [6, 6.07) is 20.5. The van der Waals surface area contributed by atoms with E-state index in [1.807, 2.05) is 42.5 Å². The van der Waals surface area contributed by atoms with E-state index in [-0.39, 0.29) is 11.8 Å². The molecule has 0 bridgehead atoms. The highest BCUT2D eigenvalue weighted by Crippen LogP contribution is 2.28. The standard InChI is InChI=1S/C34H31N3O5/c1-40-34-22-32(42-23-33-6-3-19-41-33)18-11-26(34)10-12-28-21-31(13-8-24-7-9-25-4-2-5-27(25)20-24)36(35-28)29-14-16-30(17-15-29)37(38)39/h2,4,7-18,20-22,33H,3,5-6,19,23H2,1H3/b12-10+,13-8+. The molecule has 1 aliphatic heterocycles. The van der Waals surface area contributed by atoms with E-state index in [9.17, 15) is 10.1 Å². The van der Waals surface area contributed by atoms with Gasteiger partial charge in [-0.2, -0.15) is 5.10 Å². The number of benzene rings is 3. The van der Waals surface area contributed by atoms with E-state index in [2.05, 4.69) is 36.4 Å². The Hall–Kier alpha value is -4.95. The van der Waals surface area contributed by atoms with Crippen molar-refractivity contribution in [3.05, 3.63) is 117 Å². The molecule has 8 nitrogen and oxygen atoms in total. The van der Waals surface area contributed by atoms with Gasteiger partial charge in [0, 0.05) is 30.4 Å². The zero-order chi connectivity index (χ0) is 28.9. The average Bonchev–Trinajstić information content (AvgIpc) is 3.79. The fraction of sp³-hybridized carbons (Fsp3) is 0.206. The smallest absolute Gasteiger partial charge is 0.269 e. The zero-order valence-corrected chi connectivity index (χ0v) is 23.3. The Kier molecular flexibility index (Phi) is 7.96. The van der Waals surface area contributed by atoms with Crippen LogP contribution in [-0.2, 0) is 11.2 Å². The molecule has 0 spiro atoms. The topological polar surface area (TPSA) is 88.7 Å². The molecule has 0 N–H and O–H groups in total. The summed E-state index contributed by atoms with van der Waals surface area (Å²) in [5.41, 5.74) is 6.87. The van der Waals surface area contributed by atoms with Gasteiger partial charge < -0.3 is 14.2 Å². The number of allylic oxidation sites excluding steroid dienone is 1. The largest absolute Gasteiger partial charge is 0.496 e. The van der Waals surface area contributed by atoms with Gasteiger partial charge in [0.1, 0.15) is 18.1 Å². The van der Waals surface area contributed by atoms with Gasteiger partial charge in [-0.15, -0.1) is 0 Å². The van der Waals surface area contributed by atoms with E-state index in [1.54, 1.807) is 23.9 Å². The number of nitrogens with zero attached hydrogens (tertiary/aromatic N) is 3. The van der Waals surface area contributed by atoms with Crippen molar-refractivity contribution in [2.75, 3.05) is 20.3 Å². The maximum atomic E-state index is 11.2. The number of non-ortho nitro benzene ring substituents is 1. The highest BCUT2D eigenvalue weighted by molar-refractivity contribution is 5.75. The fourth-order valence-electron chi connectivity index (χ4n) is 5.16. The van der Waals surface area contributed by atoms with Crippen molar-refractivity contribution in [3.63, 3.8) is 0 Å². The van der Waals surface area contributed by atoms with Gasteiger partial charge in [0.15, 0.2) is 0 Å². The monoisotopic (exact) mass is 561 g/mol. The number of aromatic nitrogens is 2. The van der Waals surface area contributed by atoms with Crippen LogP contribution in [0.1, 0.15) is 46.5 Å². The first-order valence-electron chi connectivity index (χ1n) is 14.0. The van der Waals surface area contributed by atoms with Gasteiger partial charge >= 0.3 is 0 Å². The van der Waals surface area contributed by atoms with Crippen molar-refractivity contribution in [2.45, 2.75) is 25.4 Å². The molecule has 1 atom stereocenters. The van der Waals surface area contributed by atoms with Crippen LogP contribution in [0, 0.1) is 10.1 Å². The summed E-state index contributed by atoms with van der Waals surface area (Å²) in [5, 5.41) is 16.0. The van der Waals surface area contributed by atoms with E-state index < -0.39 is 4.92 Å². The first kappa shape index (κ1) is 27.2. The zero-order valence-electron chi connectivity index (χ0n) is 23.3. The van der Waals surface area contributed by atoms with Gasteiger partial charge in [0.25, 0.3) is 5.69 Å². The van der Waals surface area contributed by atoms with Crippen LogP contribution < -0.4 is 9.47 Å². The summed E-state index contributed by atoms with van der Waals surface area (Å²) in [6.07, 6.45) is 15.4. The quantitative estimate of drug-likeness (QED) is 0.150. The number of methoxy groups -OCH3 is 1. The number of nitro groups is 1. The molecular weight excluding hydrogens is 530 g/mol. The molecule has 2 aliphatic rings. The molecule has 1 aromatic heterocycles. The predicted molar refractivity (Wildman–Crippen MR) is 165 cm³/mol. The van der Waals surface area contributed by atoms with Crippen molar-refractivity contribution < 1.29 is 19.1 Å². The lowest BCUT2D eigenvalue weighted by Gasteiger charge is -2.13. The minimum atomic E-state index is -0.406. The highest BCUT2D eigenvalue weighted by Gasteiger charge is 2.16. The summed E-state index contributed by atoms with van der Waals surface area (Å²) in [6.45, 7) is 1.32. The molecule has 1 unspecified atom stereocenters. The minimum absolute atomic E-state index is 0.0326. The molecule has 3 aromatic carbocycles. The van der Waals surface area contributed by atoms with Crippen molar-refractivity contribution in [1.82, 2.24) is 9.78 Å². The number of rotatable bonds is 10. The molecule has 8 heteroatoms. The number of hydrogen-bond donors (Lipinski definition) is 0. The molecule has 42 heavy (non-hydrogen) atoms. The van der Waals surface area contributed by atoms with E-state index in [4.69, 9.17) is 19.3 Å². The fourth-order valence-corrected chi connectivity index (χ4v) is 5.16. The van der Waals surface area contributed by atoms with Gasteiger partial charge in [0.2, 0.25) is 0 Å². The Morgan fingerprint density at radius 1 is 1.05 bits per heavy atom. The lowest BCUT2D eigenvalue weighted by atomic mass is 10.1. The second-order valence-corrected chi connectivity index (χ2v) is 10.3. The van der Waals surface area contributed by atoms with Crippen LogP contribution in [0.2, 0.25) is 0 Å². The average molecular weight is 562 g/mol. The van der Waals surface area contributed by atoms with E-state index >= 15 is 0 Å². The van der Waals surface area contributed by atoms with Gasteiger partial charge in [-0.1, -0.05) is 36.4 Å². The minimum Gasteiger partial charge on any atom is -0.496 e. The van der Waals surface area contributed by atoms with Gasteiger partial charge in [0.05, 0.1) is 35.2 Å². The Bertz CT molecular complexity index is 1680. The molecule has 2 heterocycles. The normalized spacial score (nSPS) is 16.0. The second kappa shape index (κ2) is 12.3. The Balaban J connectivity index is 1.26. The third-order valence-corrected chi connectivity index (χ3v) is 7.41. The summed E-state index contributed by atoms with van der Waals surface area (Å²) < 4.78 is 19.0. The molecule has 0 radical (unpaired) electrons. The SMILES string of the molecule is COc1cc(OCC2CCCO2)ccc1/C=C/c1cc(/C=C/c2ccc3c(c2)CC=C3)n(-c2ccc([N+](=O)[O-])cc2)n1. The van der Waals surface area contributed by atoms with Crippen LogP contribution in [-0.4, -0.2) is 41.1 Å². The van der Waals surface area contributed by atoms with Gasteiger partial charge in [-0.25, -0.2) is 4.68 Å². The van der Waals surface area contributed by atoms with Crippen LogP contribution in [0.25, 0.3) is 36.1 Å². The third kappa shape index (κ3) is 6.19. The van der Waals surface area contributed by atoms with Crippen molar-refractivity contribution in [2.24, 2.45) is 0 Å². The van der Waals surface area contributed by atoms with E-state index in [0.717, 1.165) is 59.8 Å². The maximum Gasteiger partial charge on any atom is 0.269 e. The number of ether oxygens (including phenoxy) is 3. The number of hydrogen-bond acceptors (Lipinski definition) is 6. The summed E-state index contributed by atoms with van der Waals surface area (Å²) in [5.74, 6) is 1.42. The van der Waals surface area contributed by atoms with Gasteiger partial charge in [-0.3, -0.25) is 10.1 Å². The van der Waals surface area contributed by atoms with Gasteiger partial charge in [-0.05, 0) is 84.5 Å². The number of nitro benzene ring substituents is 1. The highest BCUT2D eigenvalue weighted by atomic mass is 16.6. The maximum absolute atomic E-state index is 11.2. The van der Waals surface area contributed by atoms with Crippen molar-refractivity contribution >= 4 is 36.1 Å². The van der Waals surface area contributed by atoms with Crippen LogP contribution in [0.4, 0.5) is 5.69 Å². The van der Waals surface area contributed by atoms with Crippen LogP contribution in [0.5, 0.6) is 11.5 Å². The van der Waals surface area contributed by atoms with Crippen molar-refractivity contribution in [3.8, 4) is 17.2 Å². The summed E-state index contributed by atoms with van der Waals surface area (Å²) in [4.78, 5) is 10.8. The molecule has 0 amide bonds. The van der Waals surface area contributed by atoms with Crippen LogP contribution >= 0.6 is 0 Å². The second-order valence-electron chi connectivity index (χ2n) is 10.3. The molecule has 1 aliphatic carbocycles. The lowest BCUT2D eigenvalue weighted by molar-refractivity contribution is -0.384. The number of fused-ring (bicyclic) bond motifs is 1. The lowest BCUT2D eigenvalue weighted by Crippen LogP contribution is -2.16. The van der Waals surface area contributed by atoms with Crippen LogP contribution in [0.15, 0.2) is 72.8 Å². The molecule has 4 aromatic rings.